The quantitative estimate of drug-likeness (QED) is 0.754. The Balaban J connectivity index is 2.26. The van der Waals surface area contributed by atoms with Gasteiger partial charge in [-0.15, -0.1) is 5.10 Å². The van der Waals surface area contributed by atoms with Crippen LogP contribution in [0.5, 0.6) is 0 Å². The summed E-state index contributed by atoms with van der Waals surface area (Å²) >= 11 is 0. The summed E-state index contributed by atoms with van der Waals surface area (Å²) in [5.41, 5.74) is 2.13. The van der Waals surface area contributed by atoms with Gasteiger partial charge in [0.2, 0.25) is 0 Å². The van der Waals surface area contributed by atoms with E-state index < -0.39 is 0 Å². The molecule has 0 saturated heterocycles. The van der Waals surface area contributed by atoms with E-state index in [0.717, 1.165) is 18.7 Å². The fourth-order valence-electron chi connectivity index (χ4n) is 2.06. The van der Waals surface area contributed by atoms with Gasteiger partial charge in [-0.2, -0.15) is 5.26 Å². The highest BCUT2D eigenvalue weighted by molar-refractivity contribution is 5.20. The molecule has 0 aliphatic heterocycles. The van der Waals surface area contributed by atoms with Gasteiger partial charge in [-0.25, -0.2) is 4.68 Å². The molecule has 1 aliphatic rings. The van der Waals surface area contributed by atoms with Gasteiger partial charge in [-0.1, -0.05) is 18.6 Å². The van der Waals surface area contributed by atoms with Crippen LogP contribution in [0.4, 0.5) is 0 Å². The van der Waals surface area contributed by atoms with Gasteiger partial charge < -0.3 is 0 Å². The van der Waals surface area contributed by atoms with Crippen LogP contribution in [0, 0.1) is 11.3 Å². The van der Waals surface area contributed by atoms with E-state index in [-0.39, 0.29) is 0 Å². The van der Waals surface area contributed by atoms with Gasteiger partial charge in [0.15, 0.2) is 0 Å². The molecular formula is C11H16N4. The van der Waals surface area contributed by atoms with Gasteiger partial charge >= 0.3 is 0 Å². The van der Waals surface area contributed by atoms with Crippen molar-refractivity contribution in [2.45, 2.75) is 51.5 Å². The molecule has 4 nitrogen and oxygen atoms in total. The first-order valence-electron chi connectivity index (χ1n) is 5.66. The average Bonchev–Trinajstić information content (AvgIpc) is 2.50. The van der Waals surface area contributed by atoms with Crippen LogP contribution in [0.15, 0.2) is 0 Å². The van der Waals surface area contributed by atoms with Gasteiger partial charge in [-0.05, 0) is 19.3 Å². The number of nitriles is 1. The zero-order chi connectivity index (χ0) is 10.7. The van der Waals surface area contributed by atoms with Gasteiger partial charge in [0.1, 0.15) is 5.69 Å². The number of hydrogen-bond donors (Lipinski definition) is 0. The first-order valence-corrected chi connectivity index (χ1v) is 5.66. The summed E-state index contributed by atoms with van der Waals surface area (Å²) in [6.07, 6.45) is 5.23. The minimum Gasteiger partial charge on any atom is -0.249 e. The maximum atomic E-state index is 8.73. The second kappa shape index (κ2) is 4.43. The summed E-state index contributed by atoms with van der Waals surface area (Å²) in [4.78, 5) is 0. The van der Waals surface area contributed by atoms with Crippen molar-refractivity contribution >= 4 is 0 Å². The molecule has 0 aromatic carbocycles. The highest BCUT2D eigenvalue weighted by atomic mass is 15.4. The SMILES string of the molecule is CCCn1nnc(CC#N)c1C1CCC1. The molecule has 0 radical (unpaired) electrons. The highest BCUT2D eigenvalue weighted by Crippen LogP contribution is 2.37. The van der Waals surface area contributed by atoms with Crippen molar-refractivity contribution in [3.8, 4) is 6.07 Å². The van der Waals surface area contributed by atoms with Crippen molar-refractivity contribution in [2.24, 2.45) is 0 Å². The molecule has 1 saturated carbocycles. The van der Waals surface area contributed by atoms with Crippen molar-refractivity contribution in [2.75, 3.05) is 0 Å². The van der Waals surface area contributed by atoms with Crippen molar-refractivity contribution < 1.29 is 0 Å². The molecule has 1 aromatic rings. The van der Waals surface area contributed by atoms with Crippen LogP contribution in [0.2, 0.25) is 0 Å². The Morgan fingerprint density at radius 3 is 2.87 bits per heavy atom. The maximum absolute atomic E-state index is 8.73. The minimum absolute atomic E-state index is 0.398. The molecule has 1 aliphatic carbocycles. The van der Waals surface area contributed by atoms with E-state index in [2.05, 4.69) is 23.3 Å². The minimum atomic E-state index is 0.398. The lowest BCUT2D eigenvalue weighted by molar-refractivity contribution is 0.384. The van der Waals surface area contributed by atoms with Crippen molar-refractivity contribution in [3.63, 3.8) is 0 Å². The lowest BCUT2D eigenvalue weighted by Crippen LogP contribution is -2.16. The fourth-order valence-corrected chi connectivity index (χ4v) is 2.06. The molecule has 0 N–H and O–H groups in total. The van der Waals surface area contributed by atoms with Crippen LogP contribution in [0.25, 0.3) is 0 Å². The number of aromatic nitrogens is 3. The molecule has 1 heterocycles. The topological polar surface area (TPSA) is 54.5 Å². The summed E-state index contributed by atoms with van der Waals surface area (Å²) in [5.74, 6) is 0.606. The molecule has 1 aromatic heterocycles. The second-order valence-electron chi connectivity index (χ2n) is 4.11. The Labute approximate surface area is 89.9 Å². The van der Waals surface area contributed by atoms with E-state index in [9.17, 15) is 0 Å². The first-order chi connectivity index (χ1) is 7.36. The summed E-state index contributed by atoms with van der Waals surface area (Å²) in [5, 5.41) is 17.0. The summed E-state index contributed by atoms with van der Waals surface area (Å²) in [6, 6.07) is 2.17. The summed E-state index contributed by atoms with van der Waals surface area (Å²) in [6.45, 7) is 3.06. The maximum Gasteiger partial charge on any atom is 0.100 e. The number of aryl methyl sites for hydroxylation is 1. The van der Waals surface area contributed by atoms with Crippen LogP contribution in [-0.4, -0.2) is 15.0 Å². The normalized spacial score (nSPS) is 16.0. The van der Waals surface area contributed by atoms with E-state index in [0.29, 0.717) is 12.3 Å². The van der Waals surface area contributed by atoms with E-state index in [1.165, 1.54) is 25.0 Å². The molecule has 80 valence electrons. The van der Waals surface area contributed by atoms with Gasteiger partial charge in [0.25, 0.3) is 0 Å². The van der Waals surface area contributed by atoms with Gasteiger partial charge in [-0.3, -0.25) is 0 Å². The molecule has 1 fully saturated rings. The van der Waals surface area contributed by atoms with Crippen molar-refractivity contribution in [3.05, 3.63) is 11.4 Å². The van der Waals surface area contributed by atoms with Crippen LogP contribution >= 0.6 is 0 Å². The van der Waals surface area contributed by atoms with Crippen LogP contribution in [-0.2, 0) is 13.0 Å². The zero-order valence-electron chi connectivity index (χ0n) is 9.11. The molecule has 4 heteroatoms. The number of nitrogens with zero attached hydrogens (tertiary/aromatic N) is 4. The van der Waals surface area contributed by atoms with Crippen molar-refractivity contribution in [1.82, 2.24) is 15.0 Å². The smallest absolute Gasteiger partial charge is 0.100 e. The molecule has 2 rings (SSSR count). The highest BCUT2D eigenvalue weighted by Gasteiger charge is 2.27. The molecule has 15 heavy (non-hydrogen) atoms. The monoisotopic (exact) mass is 204 g/mol. The Morgan fingerprint density at radius 2 is 2.33 bits per heavy atom. The molecule has 0 bridgehead atoms. The standard InChI is InChI=1S/C11H16N4/c1-2-8-15-11(9-4-3-5-9)10(6-7-12)13-14-15/h9H,2-6,8H2,1H3. The Morgan fingerprint density at radius 1 is 1.53 bits per heavy atom. The Hall–Kier alpha value is -1.37. The molecular weight excluding hydrogens is 188 g/mol. The molecule has 0 spiro atoms. The zero-order valence-corrected chi connectivity index (χ0v) is 9.11. The van der Waals surface area contributed by atoms with Crippen molar-refractivity contribution in [1.29, 1.82) is 5.26 Å². The van der Waals surface area contributed by atoms with E-state index in [4.69, 9.17) is 5.26 Å². The predicted molar refractivity (Wildman–Crippen MR) is 56.2 cm³/mol. The van der Waals surface area contributed by atoms with E-state index >= 15 is 0 Å². The van der Waals surface area contributed by atoms with E-state index in [1.807, 2.05) is 4.68 Å². The first kappa shape index (κ1) is 10.2. The molecule has 0 atom stereocenters. The number of rotatable bonds is 4. The van der Waals surface area contributed by atoms with Crippen LogP contribution in [0.1, 0.15) is 49.9 Å². The Kier molecular flexibility index (Phi) is 3.00. The lowest BCUT2D eigenvalue weighted by atomic mass is 9.81. The summed E-state index contributed by atoms with van der Waals surface area (Å²) in [7, 11) is 0. The van der Waals surface area contributed by atoms with Gasteiger partial charge in [0, 0.05) is 12.5 Å². The predicted octanol–water partition coefficient (Wildman–Crippen LogP) is 2.02. The van der Waals surface area contributed by atoms with Gasteiger partial charge in [0.05, 0.1) is 18.2 Å². The van der Waals surface area contributed by atoms with Crippen LogP contribution < -0.4 is 0 Å². The fraction of sp³-hybridized carbons (Fsp3) is 0.727. The molecule has 0 amide bonds. The third-order valence-corrected chi connectivity index (χ3v) is 3.02. The third kappa shape index (κ3) is 1.87. The number of hydrogen-bond acceptors (Lipinski definition) is 3. The third-order valence-electron chi connectivity index (χ3n) is 3.02. The average molecular weight is 204 g/mol. The second-order valence-corrected chi connectivity index (χ2v) is 4.11. The van der Waals surface area contributed by atoms with Crippen LogP contribution in [0.3, 0.4) is 0 Å². The Bertz CT molecular complexity index is 370. The largest absolute Gasteiger partial charge is 0.249 e. The lowest BCUT2D eigenvalue weighted by Gasteiger charge is -2.26. The molecule has 0 unspecified atom stereocenters. The summed E-state index contributed by atoms with van der Waals surface area (Å²) < 4.78 is 2.00. The van der Waals surface area contributed by atoms with E-state index in [1.54, 1.807) is 0 Å².